The summed E-state index contributed by atoms with van der Waals surface area (Å²) in [5.41, 5.74) is 2.08. The van der Waals surface area contributed by atoms with Crippen LogP contribution >= 0.6 is 0 Å². The van der Waals surface area contributed by atoms with E-state index in [4.69, 9.17) is 19.0 Å². The van der Waals surface area contributed by atoms with Crippen molar-refractivity contribution in [3.8, 4) is 17.3 Å². The molecule has 0 aliphatic heterocycles. The summed E-state index contributed by atoms with van der Waals surface area (Å²) in [5, 5.41) is 16.8. The van der Waals surface area contributed by atoms with Crippen LogP contribution in [0, 0.1) is 0 Å². The molecule has 1 amide bonds. The van der Waals surface area contributed by atoms with Crippen LogP contribution in [0.2, 0.25) is 0 Å². The Bertz CT molecular complexity index is 1310. The van der Waals surface area contributed by atoms with Crippen molar-refractivity contribution < 1.29 is 23.8 Å². The van der Waals surface area contributed by atoms with Gasteiger partial charge in [-0.3, -0.25) is 0 Å². The predicted molar refractivity (Wildman–Crippen MR) is 124 cm³/mol. The summed E-state index contributed by atoms with van der Waals surface area (Å²) < 4.78 is 19.0. The largest absolute Gasteiger partial charge is 0.473 e. The van der Waals surface area contributed by atoms with Crippen molar-refractivity contribution >= 4 is 28.5 Å². The van der Waals surface area contributed by atoms with Crippen LogP contribution < -0.4 is 15.0 Å². The third-order valence-electron chi connectivity index (χ3n) is 5.97. The molecule has 11 nitrogen and oxygen atoms in total. The molecule has 5 rings (SSSR count). The van der Waals surface area contributed by atoms with Crippen LogP contribution in [0.15, 0.2) is 41.1 Å². The third-order valence-corrected chi connectivity index (χ3v) is 5.97. The summed E-state index contributed by atoms with van der Waals surface area (Å²) >= 11 is 0. The molecule has 0 unspecified atom stereocenters. The Morgan fingerprint density at radius 2 is 2.18 bits per heavy atom. The van der Waals surface area contributed by atoms with Crippen LogP contribution in [0.4, 0.5) is 10.6 Å². The Morgan fingerprint density at radius 3 is 2.94 bits per heavy atom. The fraction of sp³-hybridized carbons (Fsp3) is 0.391. The maximum atomic E-state index is 10.7. The number of hydrogen-bond donors (Lipinski definition) is 2. The maximum Gasteiger partial charge on any atom is 0.404 e. The van der Waals surface area contributed by atoms with Crippen LogP contribution in [-0.2, 0) is 4.74 Å². The van der Waals surface area contributed by atoms with E-state index in [1.165, 1.54) is 0 Å². The van der Waals surface area contributed by atoms with Gasteiger partial charge >= 0.3 is 6.09 Å². The number of amides is 1. The maximum absolute atomic E-state index is 10.7. The molecule has 2 N–H and O–H groups in total. The monoisotopic (exact) mass is 466 g/mol. The second kappa shape index (κ2) is 9.18. The van der Waals surface area contributed by atoms with Gasteiger partial charge in [0.1, 0.15) is 23.2 Å². The van der Waals surface area contributed by atoms with Crippen molar-refractivity contribution in [2.45, 2.75) is 31.9 Å². The molecule has 0 aromatic carbocycles. The molecule has 1 aliphatic rings. The topological polar surface area (TPSA) is 127 Å². The minimum atomic E-state index is -1.02. The van der Waals surface area contributed by atoms with Crippen molar-refractivity contribution in [1.29, 1.82) is 0 Å². The number of ether oxygens (including phenoxy) is 2. The molecule has 1 saturated carbocycles. The molecule has 1 aliphatic carbocycles. The number of aromatic nitrogens is 4. The van der Waals surface area contributed by atoms with Crippen LogP contribution in [0.5, 0.6) is 5.88 Å². The Kier molecular flexibility index (Phi) is 5.93. The molecular formula is C23H26N6O5. The van der Waals surface area contributed by atoms with E-state index in [9.17, 15) is 4.79 Å². The quantitative estimate of drug-likeness (QED) is 0.382. The predicted octanol–water partition coefficient (Wildman–Crippen LogP) is 3.19. The van der Waals surface area contributed by atoms with Crippen LogP contribution in [0.25, 0.3) is 28.1 Å². The van der Waals surface area contributed by atoms with E-state index in [2.05, 4.69) is 32.2 Å². The SMILES string of the molecule is CCN(CCOC)c1nccc2oc(-c3cnc4ccc(OC5CC(NC(=O)O)C5)nn34)cc12. The van der Waals surface area contributed by atoms with Gasteiger partial charge in [0.25, 0.3) is 0 Å². The van der Waals surface area contributed by atoms with E-state index in [0.717, 1.165) is 29.9 Å². The molecule has 0 radical (unpaired) electrons. The standard InChI is InChI=1S/C23H26N6O5/c1-3-28(8-9-32-2)22-16-12-19(34-18(16)6-7-24-22)17-13-25-20-4-5-21(27-29(17)20)33-15-10-14(11-15)26-23(30)31/h4-7,12-15,26H,3,8-11H2,1-2H3,(H,30,31). The number of carboxylic acid groups (broad SMARTS) is 1. The number of carbonyl (C=O) groups is 1. The summed E-state index contributed by atoms with van der Waals surface area (Å²) in [4.78, 5) is 21.9. The summed E-state index contributed by atoms with van der Waals surface area (Å²) in [6.07, 6.45) is 3.58. The number of hydrogen-bond acceptors (Lipinski definition) is 8. The number of imidazole rings is 1. The molecule has 4 heterocycles. The summed E-state index contributed by atoms with van der Waals surface area (Å²) in [6.45, 7) is 4.19. The minimum absolute atomic E-state index is 0.0827. The Hall–Kier alpha value is -3.86. The highest BCUT2D eigenvalue weighted by Crippen LogP contribution is 2.33. The molecule has 0 bridgehead atoms. The summed E-state index contributed by atoms with van der Waals surface area (Å²) in [5.74, 6) is 1.91. The van der Waals surface area contributed by atoms with E-state index in [-0.39, 0.29) is 12.1 Å². The van der Waals surface area contributed by atoms with Crippen LogP contribution in [0.3, 0.4) is 0 Å². The molecule has 178 valence electrons. The lowest BCUT2D eigenvalue weighted by molar-refractivity contribution is 0.0782. The van der Waals surface area contributed by atoms with Crippen molar-refractivity contribution in [3.63, 3.8) is 0 Å². The van der Waals surface area contributed by atoms with Gasteiger partial charge in [0.05, 0.1) is 18.2 Å². The van der Waals surface area contributed by atoms with Crippen molar-refractivity contribution in [2.24, 2.45) is 0 Å². The molecule has 0 atom stereocenters. The normalized spacial score (nSPS) is 17.6. The lowest BCUT2D eigenvalue weighted by Crippen LogP contribution is -2.48. The number of fused-ring (bicyclic) bond motifs is 2. The van der Waals surface area contributed by atoms with Gasteiger partial charge in [-0.1, -0.05) is 0 Å². The second-order valence-electron chi connectivity index (χ2n) is 8.17. The van der Waals surface area contributed by atoms with E-state index in [1.807, 2.05) is 18.2 Å². The van der Waals surface area contributed by atoms with Gasteiger partial charge in [-0.2, -0.15) is 0 Å². The van der Waals surface area contributed by atoms with Gasteiger partial charge < -0.3 is 29.2 Å². The first-order valence-electron chi connectivity index (χ1n) is 11.2. The molecule has 4 aromatic rings. The second-order valence-corrected chi connectivity index (χ2v) is 8.17. The first-order chi connectivity index (χ1) is 16.6. The Balaban J connectivity index is 1.42. The number of anilines is 1. The van der Waals surface area contributed by atoms with Gasteiger partial charge in [0.2, 0.25) is 5.88 Å². The summed E-state index contributed by atoms with van der Waals surface area (Å²) in [6, 6.07) is 7.31. The number of pyridine rings is 1. The molecular weight excluding hydrogens is 440 g/mol. The highest BCUT2D eigenvalue weighted by Gasteiger charge is 2.32. The molecule has 0 spiro atoms. The number of nitrogens with zero attached hydrogens (tertiary/aromatic N) is 5. The average molecular weight is 466 g/mol. The minimum Gasteiger partial charge on any atom is -0.473 e. The van der Waals surface area contributed by atoms with Crippen molar-refractivity contribution in [2.75, 3.05) is 31.7 Å². The molecule has 1 fully saturated rings. The number of nitrogens with one attached hydrogen (secondary N) is 1. The zero-order chi connectivity index (χ0) is 23.7. The lowest BCUT2D eigenvalue weighted by atomic mass is 9.89. The van der Waals surface area contributed by atoms with E-state index in [1.54, 1.807) is 30.1 Å². The molecule has 0 saturated heterocycles. The van der Waals surface area contributed by atoms with Gasteiger partial charge in [0.15, 0.2) is 11.4 Å². The van der Waals surface area contributed by atoms with Gasteiger partial charge in [-0.25, -0.2) is 19.3 Å². The first-order valence-corrected chi connectivity index (χ1v) is 11.2. The number of furan rings is 1. The average Bonchev–Trinajstić information content (AvgIpc) is 3.41. The Morgan fingerprint density at radius 1 is 1.32 bits per heavy atom. The zero-order valence-corrected chi connectivity index (χ0v) is 19.0. The highest BCUT2D eigenvalue weighted by atomic mass is 16.5. The fourth-order valence-corrected chi connectivity index (χ4v) is 4.15. The van der Waals surface area contributed by atoms with Crippen molar-refractivity contribution in [1.82, 2.24) is 24.9 Å². The number of likely N-dealkylation sites (N-methyl/N-ethyl adjacent to an activating group) is 1. The van der Waals surface area contributed by atoms with Gasteiger partial charge in [-0.15, -0.1) is 5.10 Å². The number of methoxy groups -OCH3 is 1. The van der Waals surface area contributed by atoms with E-state index in [0.29, 0.717) is 42.4 Å². The lowest BCUT2D eigenvalue weighted by Gasteiger charge is -2.34. The van der Waals surface area contributed by atoms with Gasteiger partial charge in [0, 0.05) is 51.3 Å². The summed E-state index contributed by atoms with van der Waals surface area (Å²) in [7, 11) is 1.68. The van der Waals surface area contributed by atoms with Crippen molar-refractivity contribution in [3.05, 3.63) is 36.7 Å². The number of rotatable bonds is 9. The molecule has 11 heteroatoms. The van der Waals surface area contributed by atoms with E-state index >= 15 is 0 Å². The smallest absolute Gasteiger partial charge is 0.404 e. The fourth-order valence-electron chi connectivity index (χ4n) is 4.15. The van der Waals surface area contributed by atoms with Crippen LogP contribution in [0.1, 0.15) is 19.8 Å². The van der Waals surface area contributed by atoms with Gasteiger partial charge in [-0.05, 0) is 25.1 Å². The Labute approximate surface area is 195 Å². The first kappa shape index (κ1) is 22.0. The van der Waals surface area contributed by atoms with E-state index < -0.39 is 6.09 Å². The molecule has 34 heavy (non-hydrogen) atoms. The highest BCUT2D eigenvalue weighted by molar-refractivity contribution is 5.91. The van der Waals surface area contributed by atoms with Crippen LogP contribution in [-0.4, -0.2) is 69.7 Å². The third kappa shape index (κ3) is 4.21. The zero-order valence-electron chi connectivity index (χ0n) is 19.0. The molecule has 4 aromatic heterocycles.